The zero-order valence-corrected chi connectivity index (χ0v) is 29.3. The average molecular weight is 687 g/mol. The molecule has 5 atom stereocenters. The molecule has 50 heavy (non-hydrogen) atoms. The van der Waals surface area contributed by atoms with Gasteiger partial charge in [0, 0.05) is 25.2 Å². The van der Waals surface area contributed by atoms with Gasteiger partial charge < -0.3 is 19.3 Å². The molecule has 1 N–H and O–H groups in total. The number of carbonyl (C=O) groups is 1. The highest BCUT2D eigenvalue weighted by atomic mass is 19.1. The van der Waals surface area contributed by atoms with E-state index in [2.05, 4.69) is 4.90 Å². The number of hydrogen-bond donors (Lipinski definition) is 1. The van der Waals surface area contributed by atoms with E-state index in [4.69, 9.17) is 14.2 Å². The molecule has 0 aliphatic carbocycles. The largest absolute Gasteiger partial charge is 0.465 e. The van der Waals surface area contributed by atoms with Crippen LogP contribution in [0.5, 0.6) is 0 Å². The number of halogens is 2. The van der Waals surface area contributed by atoms with Gasteiger partial charge in [-0.25, -0.2) is 13.6 Å². The molecule has 1 aliphatic rings. The van der Waals surface area contributed by atoms with E-state index < -0.39 is 48.2 Å². The highest BCUT2D eigenvalue weighted by molar-refractivity contribution is 5.66. The van der Waals surface area contributed by atoms with Crippen LogP contribution < -0.4 is 0 Å². The Hall–Kier alpha value is -4.15. The number of nitrogens with zero attached hydrogens (tertiary/aromatic N) is 2. The molecule has 1 amide bonds. The first kappa shape index (κ1) is 37.1. The standard InChI is InChI=1S/C41H48F2N2O5/c1-29-39(50-28-41(2,3)4)49-27-37(45(29)40(46)47)38(48-26-32-18-12-7-13-19-32)36(22-33-20-34(42)23-35(43)21-33)44(24-30-14-8-5-9-15-30)25-31-16-10-6-11-17-31/h5-21,23,29,36-39H,22,24-28H2,1-4H3,(H,46,47)/t29-,36-,37+,38-,39-/m0/s1. The molecule has 0 bridgehead atoms. The van der Waals surface area contributed by atoms with Crippen molar-refractivity contribution in [1.82, 2.24) is 9.80 Å². The lowest BCUT2D eigenvalue weighted by molar-refractivity contribution is -0.237. The predicted molar refractivity (Wildman–Crippen MR) is 189 cm³/mol. The first-order valence-corrected chi connectivity index (χ1v) is 17.1. The molecule has 4 aromatic rings. The Morgan fingerprint density at radius 1 is 0.860 bits per heavy atom. The number of carboxylic acid groups (broad SMARTS) is 1. The summed E-state index contributed by atoms with van der Waals surface area (Å²) in [5, 5.41) is 10.8. The molecule has 266 valence electrons. The predicted octanol–water partition coefficient (Wildman–Crippen LogP) is 8.32. The summed E-state index contributed by atoms with van der Waals surface area (Å²) in [7, 11) is 0. The molecule has 1 aliphatic heterocycles. The maximum atomic E-state index is 14.7. The van der Waals surface area contributed by atoms with Crippen LogP contribution in [0.3, 0.4) is 0 Å². The van der Waals surface area contributed by atoms with Gasteiger partial charge in [-0.1, -0.05) is 112 Å². The van der Waals surface area contributed by atoms with Crippen molar-refractivity contribution in [3.63, 3.8) is 0 Å². The Labute approximate surface area is 294 Å². The second-order valence-electron chi connectivity index (χ2n) is 14.3. The topological polar surface area (TPSA) is 71.5 Å². The number of rotatable bonds is 14. The number of benzene rings is 4. The molecule has 1 heterocycles. The molecule has 0 aromatic heterocycles. The minimum Gasteiger partial charge on any atom is -0.465 e. The number of hydrogen-bond acceptors (Lipinski definition) is 5. The zero-order valence-electron chi connectivity index (χ0n) is 29.3. The summed E-state index contributed by atoms with van der Waals surface area (Å²) in [5.74, 6) is -1.36. The number of amides is 1. The van der Waals surface area contributed by atoms with Gasteiger partial charge in [-0.15, -0.1) is 0 Å². The van der Waals surface area contributed by atoms with E-state index >= 15 is 0 Å². The summed E-state index contributed by atoms with van der Waals surface area (Å²) >= 11 is 0. The maximum absolute atomic E-state index is 14.7. The molecule has 7 nitrogen and oxygen atoms in total. The summed E-state index contributed by atoms with van der Waals surface area (Å²) in [6.07, 6.45) is -2.53. The first-order chi connectivity index (χ1) is 24.0. The van der Waals surface area contributed by atoms with E-state index in [1.165, 1.54) is 17.0 Å². The Bertz CT molecular complexity index is 1580. The summed E-state index contributed by atoms with van der Waals surface area (Å²) in [6.45, 7) is 9.41. The van der Waals surface area contributed by atoms with Crippen LogP contribution in [0.4, 0.5) is 13.6 Å². The molecule has 1 saturated heterocycles. The minimum absolute atomic E-state index is 0.00340. The van der Waals surface area contributed by atoms with Crippen molar-refractivity contribution in [1.29, 1.82) is 0 Å². The van der Waals surface area contributed by atoms with Crippen molar-refractivity contribution >= 4 is 6.09 Å². The second kappa shape index (κ2) is 17.2. The average Bonchev–Trinajstić information content (AvgIpc) is 3.07. The van der Waals surface area contributed by atoms with Gasteiger partial charge in [0.15, 0.2) is 6.29 Å². The van der Waals surface area contributed by atoms with Crippen LogP contribution in [0.25, 0.3) is 0 Å². The Kier molecular flexibility index (Phi) is 12.8. The normalized spacial score (nSPS) is 19.3. The summed E-state index contributed by atoms with van der Waals surface area (Å²) in [5.41, 5.74) is 3.24. The van der Waals surface area contributed by atoms with Crippen molar-refractivity contribution in [2.45, 2.75) is 84.3 Å². The van der Waals surface area contributed by atoms with Crippen LogP contribution in [0.15, 0.2) is 109 Å². The summed E-state index contributed by atoms with van der Waals surface area (Å²) < 4.78 is 48.7. The molecule has 4 aromatic carbocycles. The lowest BCUT2D eigenvalue weighted by Crippen LogP contribution is -2.65. The smallest absolute Gasteiger partial charge is 0.408 e. The molecule has 9 heteroatoms. The van der Waals surface area contributed by atoms with Crippen LogP contribution >= 0.6 is 0 Å². The number of morpholine rings is 1. The Balaban J connectivity index is 1.61. The molecule has 5 rings (SSSR count). The van der Waals surface area contributed by atoms with Crippen molar-refractivity contribution in [2.75, 3.05) is 13.2 Å². The van der Waals surface area contributed by atoms with Gasteiger partial charge in [0.2, 0.25) is 0 Å². The fourth-order valence-electron chi connectivity index (χ4n) is 6.53. The van der Waals surface area contributed by atoms with Crippen molar-refractivity contribution in [3.8, 4) is 0 Å². The van der Waals surface area contributed by atoms with Gasteiger partial charge in [-0.2, -0.15) is 0 Å². The van der Waals surface area contributed by atoms with Gasteiger partial charge in [0.05, 0.1) is 38.0 Å². The highest BCUT2D eigenvalue weighted by Crippen LogP contribution is 2.31. The van der Waals surface area contributed by atoms with Gasteiger partial charge in [-0.05, 0) is 53.1 Å². The first-order valence-electron chi connectivity index (χ1n) is 17.1. The molecular formula is C41H48F2N2O5. The van der Waals surface area contributed by atoms with Crippen molar-refractivity contribution < 1.29 is 32.9 Å². The zero-order chi connectivity index (χ0) is 35.7. The maximum Gasteiger partial charge on any atom is 0.408 e. The molecule has 1 fully saturated rings. The Morgan fingerprint density at radius 2 is 1.38 bits per heavy atom. The molecule has 0 unspecified atom stereocenters. The third kappa shape index (κ3) is 10.4. The van der Waals surface area contributed by atoms with E-state index in [9.17, 15) is 18.7 Å². The third-order valence-electron chi connectivity index (χ3n) is 8.86. The van der Waals surface area contributed by atoms with Crippen LogP contribution in [0.1, 0.15) is 49.9 Å². The quantitative estimate of drug-likeness (QED) is 0.144. The highest BCUT2D eigenvalue weighted by Gasteiger charge is 2.47. The van der Waals surface area contributed by atoms with E-state index in [1.807, 2.05) is 112 Å². The second-order valence-corrected chi connectivity index (χ2v) is 14.3. The lowest BCUT2D eigenvalue weighted by Gasteiger charge is -2.49. The van der Waals surface area contributed by atoms with E-state index in [1.54, 1.807) is 6.92 Å². The molecule has 0 radical (unpaired) electrons. The molecule has 0 saturated carbocycles. The third-order valence-corrected chi connectivity index (χ3v) is 8.86. The van der Waals surface area contributed by atoms with Crippen molar-refractivity contribution in [3.05, 3.63) is 143 Å². The van der Waals surface area contributed by atoms with Gasteiger partial charge in [-0.3, -0.25) is 9.80 Å². The number of ether oxygens (including phenoxy) is 3. The van der Waals surface area contributed by atoms with E-state index in [-0.39, 0.29) is 25.0 Å². The SMILES string of the molecule is C[C@H]1[C@H](OCC(C)(C)C)OC[C@H]([C@@H](OCc2ccccc2)[C@H](Cc2cc(F)cc(F)c2)N(Cc2ccccc2)Cc2ccccc2)N1C(=O)O. The van der Waals surface area contributed by atoms with Crippen LogP contribution in [-0.4, -0.2) is 64.7 Å². The monoisotopic (exact) mass is 686 g/mol. The van der Waals surface area contributed by atoms with Gasteiger partial charge in [0.1, 0.15) is 11.6 Å². The fourth-order valence-corrected chi connectivity index (χ4v) is 6.53. The van der Waals surface area contributed by atoms with Crippen LogP contribution in [0.2, 0.25) is 0 Å². The Morgan fingerprint density at radius 3 is 1.88 bits per heavy atom. The molecular weight excluding hydrogens is 638 g/mol. The van der Waals surface area contributed by atoms with Crippen LogP contribution in [0, 0.1) is 17.0 Å². The summed E-state index contributed by atoms with van der Waals surface area (Å²) in [4.78, 5) is 16.8. The van der Waals surface area contributed by atoms with E-state index in [0.717, 1.165) is 22.8 Å². The van der Waals surface area contributed by atoms with Gasteiger partial charge in [0.25, 0.3) is 0 Å². The van der Waals surface area contributed by atoms with Crippen LogP contribution in [-0.2, 0) is 40.3 Å². The fraction of sp³-hybridized carbons (Fsp3) is 0.390. The van der Waals surface area contributed by atoms with E-state index in [0.29, 0.717) is 25.3 Å². The van der Waals surface area contributed by atoms with Gasteiger partial charge >= 0.3 is 6.09 Å². The van der Waals surface area contributed by atoms with Crippen molar-refractivity contribution in [2.24, 2.45) is 5.41 Å². The minimum atomic E-state index is -1.13. The lowest BCUT2D eigenvalue weighted by atomic mass is 9.91. The summed E-state index contributed by atoms with van der Waals surface area (Å²) in [6, 6.07) is 31.1. The molecule has 0 spiro atoms.